The summed E-state index contributed by atoms with van der Waals surface area (Å²) in [4.78, 5) is 11.5. The Kier molecular flexibility index (Phi) is 24.3. The fraction of sp³-hybridized carbons (Fsp3) is 0.857. The van der Waals surface area contributed by atoms with Crippen molar-refractivity contribution in [3.8, 4) is 0 Å². The Hall–Kier alpha value is 0.170. The van der Waals surface area contributed by atoms with Gasteiger partial charge in [0.1, 0.15) is 6.23 Å². The molecule has 1 N–H and O–H groups in total. The quantitative estimate of drug-likeness (QED) is 0.122. The molecule has 1 atom stereocenters. The molecule has 0 aliphatic rings. The zero-order valence-corrected chi connectivity index (χ0v) is 16.4. The van der Waals surface area contributed by atoms with Crippen LogP contribution in [0, 0.1) is 0 Å². The third-order valence-electron chi connectivity index (χ3n) is 4.36. The Labute approximate surface area is 179 Å². The molecule has 4 heteroatoms. The minimum absolute atomic E-state index is 0. The van der Waals surface area contributed by atoms with E-state index < -0.39 is 0 Å². The van der Waals surface area contributed by atoms with E-state index in [0.717, 1.165) is 12.8 Å². The van der Waals surface area contributed by atoms with Gasteiger partial charge < -0.3 is 4.74 Å². The van der Waals surface area contributed by atoms with Crippen molar-refractivity contribution in [2.24, 2.45) is 0 Å². The van der Waals surface area contributed by atoms with Crippen LogP contribution < -0.4 is 5.32 Å². The van der Waals surface area contributed by atoms with E-state index in [2.05, 4.69) is 24.4 Å². The average molecular weight is 364 g/mol. The van der Waals surface area contributed by atoms with E-state index in [1.807, 2.05) is 6.92 Å². The van der Waals surface area contributed by atoms with Crippen LogP contribution in [0.4, 0.5) is 0 Å². The van der Waals surface area contributed by atoms with Crippen LogP contribution in [0.1, 0.15) is 104 Å². The molecule has 0 saturated heterocycles. The number of carbonyl (C=O) groups excluding carboxylic acids is 1. The molecular weight excluding hydrogens is 321 g/mol. The molecule has 144 valence electrons. The summed E-state index contributed by atoms with van der Waals surface area (Å²) in [6.45, 7) is 4.11. The zero-order chi connectivity index (χ0) is 17.9. The van der Waals surface area contributed by atoms with Gasteiger partial charge >= 0.3 is 35.5 Å². The van der Waals surface area contributed by atoms with Crippen LogP contribution in [-0.4, -0.2) is 48.8 Å². The van der Waals surface area contributed by atoms with Crippen molar-refractivity contribution >= 4 is 35.5 Å². The van der Waals surface area contributed by atoms with E-state index in [4.69, 9.17) is 4.74 Å². The number of esters is 1. The summed E-state index contributed by atoms with van der Waals surface area (Å²) in [5.41, 5.74) is 0. The van der Waals surface area contributed by atoms with Gasteiger partial charge in [0, 0.05) is 6.42 Å². The Bertz CT molecular complexity index is 308. The summed E-state index contributed by atoms with van der Waals surface area (Å²) in [6.07, 6.45) is 21.7. The molecule has 0 amide bonds. The van der Waals surface area contributed by atoms with Gasteiger partial charge in [0.15, 0.2) is 0 Å². The van der Waals surface area contributed by atoms with Gasteiger partial charge in [0.05, 0.1) is 0 Å². The van der Waals surface area contributed by atoms with E-state index in [9.17, 15) is 4.79 Å². The van der Waals surface area contributed by atoms with E-state index in [1.165, 1.54) is 70.6 Å². The van der Waals surface area contributed by atoms with E-state index in [1.54, 1.807) is 7.05 Å². The maximum atomic E-state index is 11.5. The third-order valence-corrected chi connectivity index (χ3v) is 4.36. The summed E-state index contributed by atoms with van der Waals surface area (Å²) in [6, 6.07) is 0. The summed E-state index contributed by atoms with van der Waals surface area (Å²) < 4.78 is 5.16. The molecular formula is C21H42NNaO2. The second kappa shape index (κ2) is 22.2. The third kappa shape index (κ3) is 22.1. The zero-order valence-electron chi connectivity index (χ0n) is 16.4. The molecule has 0 aliphatic carbocycles. The van der Waals surface area contributed by atoms with Crippen molar-refractivity contribution in [3.63, 3.8) is 0 Å². The van der Waals surface area contributed by atoms with E-state index in [-0.39, 0.29) is 41.8 Å². The summed E-state index contributed by atoms with van der Waals surface area (Å²) in [7, 11) is 1.79. The van der Waals surface area contributed by atoms with Crippen molar-refractivity contribution in [2.75, 3.05) is 7.05 Å². The molecule has 0 heterocycles. The van der Waals surface area contributed by atoms with Crippen LogP contribution >= 0.6 is 0 Å². The molecule has 0 aromatic heterocycles. The van der Waals surface area contributed by atoms with Gasteiger partial charge in [-0.05, 0) is 46.1 Å². The van der Waals surface area contributed by atoms with Crippen LogP contribution in [-0.2, 0) is 9.53 Å². The minimum atomic E-state index is -0.180. The number of allylic oxidation sites excluding steroid dienone is 2. The van der Waals surface area contributed by atoms with Gasteiger partial charge in [-0.1, -0.05) is 70.4 Å². The summed E-state index contributed by atoms with van der Waals surface area (Å²) in [5, 5.41) is 2.90. The first-order chi connectivity index (χ1) is 11.7. The second-order valence-corrected chi connectivity index (χ2v) is 6.76. The van der Waals surface area contributed by atoms with Gasteiger partial charge in [-0.15, -0.1) is 0 Å². The van der Waals surface area contributed by atoms with Crippen LogP contribution in [0.15, 0.2) is 12.2 Å². The molecule has 0 aromatic carbocycles. The van der Waals surface area contributed by atoms with Crippen molar-refractivity contribution < 1.29 is 9.53 Å². The second-order valence-electron chi connectivity index (χ2n) is 6.76. The van der Waals surface area contributed by atoms with Crippen LogP contribution in [0.5, 0.6) is 0 Å². The predicted octanol–water partition coefficient (Wildman–Crippen LogP) is 5.48. The molecule has 25 heavy (non-hydrogen) atoms. The first kappa shape index (κ1) is 27.4. The van der Waals surface area contributed by atoms with Gasteiger partial charge in [-0.2, -0.15) is 0 Å². The van der Waals surface area contributed by atoms with Crippen LogP contribution in [0.3, 0.4) is 0 Å². The number of hydrogen-bond donors (Lipinski definition) is 1. The molecule has 0 fully saturated rings. The Morgan fingerprint density at radius 1 is 0.880 bits per heavy atom. The van der Waals surface area contributed by atoms with Gasteiger partial charge in [0.25, 0.3) is 0 Å². The number of unbranched alkanes of at least 4 members (excludes halogenated alkanes) is 11. The van der Waals surface area contributed by atoms with Crippen LogP contribution in [0.2, 0.25) is 0 Å². The molecule has 0 spiro atoms. The molecule has 1 unspecified atom stereocenters. The Morgan fingerprint density at radius 2 is 1.36 bits per heavy atom. The first-order valence-corrected chi connectivity index (χ1v) is 10.2. The number of ether oxygens (including phenoxy) is 1. The molecule has 0 aliphatic heterocycles. The van der Waals surface area contributed by atoms with Crippen molar-refractivity contribution in [1.82, 2.24) is 5.32 Å². The fourth-order valence-electron chi connectivity index (χ4n) is 2.66. The number of rotatable bonds is 17. The number of hydrogen-bond acceptors (Lipinski definition) is 3. The monoisotopic (exact) mass is 363 g/mol. The SMILES string of the molecule is CCCCCCCC/C=C\CCCCCCCC(=O)OC(C)NC.[NaH]. The predicted molar refractivity (Wildman–Crippen MR) is 111 cm³/mol. The summed E-state index contributed by atoms with van der Waals surface area (Å²) >= 11 is 0. The molecule has 3 nitrogen and oxygen atoms in total. The Morgan fingerprint density at radius 3 is 1.88 bits per heavy atom. The van der Waals surface area contributed by atoms with Gasteiger partial charge in [-0.25, -0.2) is 0 Å². The first-order valence-electron chi connectivity index (χ1n) is 10.2. The van der Waals surface area contributed by atoms with Crippen molar-refractivity contribution in [3.05, 3.63) is 12.2 Å². The fourth-order valence-corrected chi connectivity index (χ4v) is 2.66. The molecule has 0 rings (SSSR count). The van der Waals surface area contributed by atoms with Crippen LogP contribution in [0.25, 0.3) is 0 Å². The van der Waals surface area contributed by atoms with E-state index in [0.29, 0.717) is 6.42 Å². The molecule has 0 aromatic rings. The van der Waals surface area contributed by atoms with Crippen molar-refractivity contribution in [2.45, 2.75) is 110 Å². The maximum absolute atomic E-state index is 11.5. The van der Waals surface area contributed by atoms with Gasteiger partial charge in [0.2, 0.25) is 0 Å². The number of nitrogens with one attached hydrogen (secondary N) is 1. The molecule has 0 bridgehead atoms. The topological polar surface area (TPSA) is 38.3 Å². The Balaban J connectivity index is 0. The van der Waals surface area contributed by atoms with Gasteiger partial charge in [-0.3, -0.25) is 10.1 Å². The van der Waals surface area contributed by atoms with E-state index >= 15 is 0 Å². The number of carbonyl (C=O) groups is 1. The normalized spacial score (nSPS) is 12.1. The standard InChI is InChI=1S/C21H41NO2.Na.H/c1-4-5-6-7-8-9-10-11-12-13-14-15-16-17-18-19-21(23)24-20(2)22-3;;/h11-12,20,22H,4-10,13-19H2,1-3H3;;/b12-11-;;. The van der Waals surface area contributed by atoms with Crippen molar-refractivity contribution in [1.29, 1.82) is 0 Å². The molecule has 0 saturated carbocycles. The average Bonchev–Trinajstić information content (AvgIpc) is 2.58. The summed E-state index contributed by atoms with van der Waals surface area (Å²) in [5.74, 6) is -0.0884. The molecule has 0 radical (unpaired) electrons.